The lowest BCUT2D eigenvalue weighted by molar-refractivity contribution is 0.266. The molecule has 0 spiro atoms. The lowest BCUT2D eigenvalue weighted by Crippen LogP contribution is -2.32. The monoisotopic (exact) mass is 664 g/mol. The van der Waals surface area contributed by atoms with Crippen molar-refractivity contribution in [2.24, 2.45) is 21.8 Å². The summed E-state index contributed by atoms with van der Waals surface area (Å²) in [7, 11) is 0. The highest BCUT2D eigenvalue weighted by atomic mass is 35.5. The number of unbranched alkanes of at least 4 members (excludes halogenated alkanes) is 2. The van der Waals surface area contributed by atoms with Gasteiger partial charge in [-0.3, -0.25) is 0 Å². The molecule has 0 aromatic heterocycles. The van der Waals surface area contributed by atoms with Crippen LogP contribution in [0.25, 0.3) is 11.1 Å². The van der Waals surface area contributed by atoms with Gasteiger partial charge >= 0.3 is 0 Å². The van der Waals surface area contributed by atoms with Crippen molar-refractivity contribution in [1.82, 2.24) is 0 Å². The van der Waals surface area contributed by atoms with E-state index in [9.17, 15) is 0 Å². The molecule has 0 saturated carbocycles. The summed E-state index contributed by atoms with van der Waals surface area (Å²) in [6.07, 6.45) is 12.0. The minimum Gasteiger partial charge on any atom is -0.236 e. The molecule has 0 fully saturated rings. The molecule has 2 unspecified atom stereocenters. The Morgan fingerprint density at radius 2 is 0.979 bits per heavy atom. The van der Waals surface area contributed by atoms with Crippen LogP contribution in [0.1, 0.15) is 114 Å². The lowest BCUT2D eigenvalue weighted by Gasteiger charge is -2.39. The second kappa shape index (κ2) is 16.8. The quantitative estimate of drug-likeness (QED) is 0.106. The molecular formula is C43H50Cl2N2. The zero-order valence-corrected chi connectivity index (χ0v) is 30.1. The Bertz CT molecular complexity index is 1530. The van der Waals surface area contributed by atoms with Crippen LogP contribution in [0.15, 0.2) is 107 Å². The Kier molecular flexibility index (Phi) is 12.5. The third-order valence-corrected chi connectivity index (χ3v) is 10.8. The minimum absolute atomic E-state index is 0.159. The average molecular weight is 666 g/mol. The van der Waals surface area contributed by atoms with Gasteiger partial charge in [-0.2, -0.15) is 0 Å². The molecule has 0 radical (unpaired) electrons. The number of halogens is 2. The standard InChI is InChI=1S/C43H50Cl2N2/c1-5-9-17-31(7-3)29-43(30-32(8-4)18-10-6-2)39-27-33(41(44)46-35-19-13-11-14-20-35)23-25-37(39)38-26-24-34(28-40(38)43)42(45)47-36-21-15-12-16-22-36/h11-16,19-28,31-32H,5-10,17-18,29-30H2,1-4H3. The molecule has 0 heterocycles. The molecule has 0 N–H and O–H groups in total. The lowest BCUT2D eigenvalue weighted by atomic mass is 9.65. The van der Waals surface area contributed by atoms with E-state index in [1.54, 1.807) is 0 Å². The smallest absolute Gasteiger partial charge is 0.136 e. The van der Waals surface area contributed by atoms with Crippen molar-refractivity contribution in [2.75, 3.05) is 0 Å². The maximum atomic E-state index is 7.01. The molecule has 4 heteroatoms. The van der Waals surface area contributed by atoms with E-state index in [2.05, 4.69) is 64.1 Å². The average Bonchev–Trinajstić information content (AvgIpc) is 3.37. The van der Waals surface area contributed by atoms with E-state index < -0.39 is 0 Å². The minimum atomic E-state index is -0.159. The van der Waals surface area contributed by atoms with Gasteiger partial charge in [-0.25, -0.2) is 9.98 Å². The van der Waals surface area contributed by atoms with Crippen LogP contribution in [0.2, 0.25) is 0 Å². The molecule has 0 saturated heterocycles. The maximum absolute atomic E-state index is 7.01. The van der Waals surface area contributed by atoms with E-state index >= 15 is 0 Å². The van der Waals surface area contributed by atoms with Gasteiger partial charge in [0.05, 0.1) is 11.4 Å². The summed E-state index contributed by atoms with van der Waals surface area (Å²) in [5, 5.41) is 1.05. The molecule has 4 aromatic carbocycles. The zero-order valence-electron chi connectivity index (χ0n) is 28.6. The van der Waals surface area contributed by atoms with E-state index in [0.717, 1.165) is 35.3 Å². The van der Waals surface area contributed by atoms with E-state index in [4.69, 9.17) is 33.2 Å². The molecule has 5 rings (SSSR count). The third-order valence-electron chi connectivity index (χ3n) is 10.2. The summed E-state index contributed by atoms with van der Waals surface area (Å²) in [6, 6.07) is 33.6. The highest BCUT2D eigenvalue weighted by molar-refractivity contribution is 6.70. The Hall–Kier alpha value is -3.20. The van der Waals surface area contributed by atoms with E-state index in [0.29, 0.717) is 22.2 Å². The summed E-state index contributed by atoms with van der Waals surface area (Å²) in [5.41, 5.74) is 8.92. The molecule has 0 aliphatic heterocycles. The van der Waals surface area contributed by atoms with Crippen molar-refractivity contribution in [3.63, 3.8) is 0 Å². The molecule has 2 nitrogen and oxygen atoms in total. The number of nitrogens with zero attached hydrogens (tertiary/aromatic N) is 2. The highest BCUT2D eigenvalue weighted by Gasteiger charge is 2.45. The predicted molar refractivity (Wildman–Crippen MR) is 205 cm³/mol. The molecule has 246 valence electrons. The molecule has 1 aliphatic carbocycles. The summed E-state index contributed by atoms with van der Waals surface area (Å²) in [5.74, 6) is 1.23. The number of benzene rings is 4. The molecule has 4 aromatic rings. The van der Waals surface area contributed by atoms with Gasteiger partial charge in [0.2, 0.25) is 0 Å². The maximum Gasteiger partial charge on any atom is 0.136 e. The van der Waals surface area contributed by atoms with E-state index in [1.165, 1.54) is 73.6 Å². The SMILES string of the molecule is CCCCC(CC)CC1(CC(CC)CCCC)c2cc(C(Cl)=Nc3ccccc3)ccc2-c2ccc(C(Cl)=Nc3ccccc3)cc21. The van der Waals surface area contributed by atoms with Crippen LogP contribution in [0.3, 0.4) is 0 Å². The fraction of sp³-hybridized carbons (Fsp3) is 0.395. The van der Waals surface area contributed by atoms with Crippen molar-refractivity contribution in [2.45, 2.75) is 97.3 Å². The van der Waals surface area contributed by atoms with Crippen LogP contribution in [0, 0.1) is 11.8 Å². The predicted octanol–water partition coefficient (Wildman–Crippen LogP) is 13.8. The summed E-state index contributed by atoms with van der Waals surface area (Å²) < 4.78 is 0. The van der Waals surface area contributed by atoms with Gasteiger partial charge in [-0.05, 0) is 83.3 Å². The Morgan fingerprint density at radius 3 is 1.34 bits per heavy atom. The van der Waals surface area contributed by atoms with Crippen LogP contribution in [-0.2, 0) is 5.41 Å². The number of fused-ring (bicyclic) bond motifs is 3. The zero-order chi connectivity index (χ0) is 33.2. The molecule has 1 aliphatic rings. The second-order valence-corrected chi connectivity index (χ2v) is 14.0. The van der Waals surface area contributed by atoms with Crippen molar-refractivity contribution < 1.29 is 0 Å². The van der Waals surface area contributed by atoms with Crippen molar-refractivity contribution >= 4 is 44.9 Å². The van der Waals surface area contributed by atoms with Crippen LogP contribution >= 0.6 is 23.2 Å². The Morgan fingerprint density at radius 1 is 0.574 bits per heavy atom. The number of hydrogen-bond donors (Lipinski definition) is 0. The fourth-order valence-corrected chi connectivity index (χ4v) is 7.94. The first-order valence-electron chi connectivity index (χ1n) is 17.8. The van der Waals surface area contributed by atoms with Gasteiger partial charge in [0.1, 0.15) is 10.3 Å². The number of para-hydroxylation sites is 2. The van der Waals surface area contributed by atoms with Crippen molar-refractivity contribution in [3.05, 3.63) is 119 Å². The fourth-order valence-electron chi connectivity index (χ4n) is 7.51. The van der Waals surface area contributed by atoms with Gasteiger partial charge in [-0.15, -0.1) is 0 Å². The van der Waals surface area contributed by atoms with Gasteiger partial charge in [0.25, 0.3) is 0 Å². The van der Waals surface area contributed by atoms with Crippen molar-refractivity contribution in [1.29, 1.82) is 0 Å². The van der Waals surface area contributed by atoms with Crippen LogP contribution in [0.5, 0.6) is 0 Å². The number of aliphatic imine (C=N–C) groups is 2. The number of rotatable bonds is 16. The first-order valence-corrected chi connectivity index (χ1v) is 18.6. The first-order chi connectivity index (χ1) is 22.9. The van der Waals surface area contributed by atoms with Crippen molar-refractivity contribution in [3.8, 4) is 11.1 Å². The highest BCUT2D eigenvalue weighted by Crippen LogP contribution is 2.57. The second-order valence-electron chi connectivity index (χ2n) is 13.3. The van der Waals surface area contributed by atoms with Gasteiger partial charge in [-0.1, -0.05) is 163 Å². The van der Waals surface area contributed by atoms with Crippen LogP contribution in [0.4, 0.5) is 11.4 Å². The Balaban J connectivity index is 1.71. The van der Waals surface area contributed by atoms with E-state index in [1.807, 2.05) is 60.7 Å². The largest absolute Gasteiger partial charge is 0.236 e. The van der Waals surface area contributed by atoms with Crippen LogP contribution < -0.4 is 0 Å². The topological polar surface area (TPSA) is 24.7 Å². The molecule has 0 bridgehead atoms. The normalized spacial score (nSPS) is 17.3. The number of hydrogen-bond acceptors (Lipinski definition) is 2. The van der Waals surface area contributed by atoms with E-state index in [-0.39, 0.29) is 5.41 Å². The Labute approximate surface area is 293 Å². The van der Waals surface area contributed by atoms with Gasteiger partial charge in [0.15, 0.2) is 0 Å². The van der Waals surface area contributed by atoms with Gasteiger partial charge < -0.3 is 0 Å². The molecule has 0 amide bonds. The summed E-state index contributed by atoms with van der Waals surface area (Å²) in [6.45, 7) is 9.36. The molecule has 47 heavy (non-hydrogen) atoms. The molecule has 2 atom stereocenters. The third kappa shape index (κ3) is 8.27. The van der Waals surface area contributed by atoms with Crippen LogP contribution in [-0.4, -0.2) is 10.3 Å². The first kappa shape index (κ1) is 35.1. The van der Waals surface area contributed by atoms with Gasteiger partial charge in [0, 0.05) is 16.5 Å². The summed E-state index contributed by atoms with van der Waals surface area (Å²) in [4.78, 5) is 9.63. The summed E-state index contributed by atoms with van der Waals surface area (Å²) >= 11 is 14.0. The molecular weight excluding hydrogens is 615 g/mol.